The zero-order valence-corrected chi connectivity index (χ0v) is 17.4. The van der Waals surface area contributed by atoms with E-state index in [0.717, 1.165) is 28.1 Å². The van der Waals surface area contributed by atoms with Gasteiger partial charge in [-0.15, -0.1) is 11.8 Å². The van der Waals surface area contributed by atoms with E-state index in [1.165, 1.54) is 0 Å². The summed E-state index contributed by atoms with van der Waals surface area (Å²) in [7, 11) is 0. The van der Waals surface area contributed by atoms with E-state index in [2.05, 4.69) is 10.6 Å². The number of amides is 2. The summed E-state index contributed by atoms with van der Waals surface area (Å²) in [6, 6.07) is 22.8. The minimum absolute atomic E-state index is 0.00809. The largest absolute Gasteiger partial charge is 0.325 e. The molecule has 3 rings (SSSR count). The standard InChI is InChI=1S/C24H24N2O2S/c1-17-7-6-8-18(2)23(17)26-22(27)16-29-15-19-11-13-20(14-12-19)24(28)25-21-9-4-3-5-10-21/h3-14H,15-16H2,1-2H3,(H,25,28)(H,26,27). The van der Waals surface area contributed by atoms with Crippen molar-refractivity contribution >= 4 is 35.0 Å². The number of aryl methyl sites for hydroxylation is 2. The first-order valence-electron chi connectivity index (χ1n) is 9.42. The maximum atomic E-state index is 12.3. The molecule has 0 aliphatic rings. The van der Waals surface area contributed by atoms with Crippen molar-refractivity contribution in [3.8, 4) is 0 Å². The van der Waals surface area contributed by atoms with E-state index in [1.807, 2.05) is 86.6 Å². The van der Waals surface area contributed by atoms with E-state index in [0.29, 0.717) is 17.1 Å². The number of carbonyl (C=O) groups is 2. The van der Waals surface area contributed by atoms with Gasteiger partial charge in [0.15, 0.2) is 0 Å². The number of hydrogen-bond acceptors (Lipinski definition) is 3. The predicted molar refractivity (Wildman–Crippen MR) is 122 cm³/mol. The molecule has 4 nitrogen and oxygen atoms in total. The lowest BCUT2D eigenvalue weighted by atomic mass is 10.1. The molecule has 148 valence electrons. The lowest BCUT2D eigenvalue weighted by molar-refractivity contribution is -0.113. The number of nitrogens with one attached hydrogen (secondary N) is 2. The first kappa shape index (κ1) is 20.7. The Labute approximate surface area is 175 Å². The van der Waals surface area contributed by atoms with Crippen molar-refractivity contribution in [3.05, 3.63) is 95.1 Å². The fourth-order valence-corrected chi connectivity index (χ4v) is 3.71. The van der Waals surface area contributed by atoms with Crippen LogP contribution in [0, 0.1) is 13.8 Å². The maximum Gasteiger partial charge on any atom is 0.255 e. The third-order valence-electron chi connectivity index (χ3n) is 4.50. The quantitative estimate of drug-likeness (QED) is 0.552. The highest BCUT2D eigenvalue weighted by Gasteiger charge is 2.09. The molecule has 2 N–H and O–H groups in total. The second-order valence-electron chi connectivity index (χ2n) is 6.82. The molecule has 0 unspecified atom stereocenters. The van der Waals surface area contributed by atoms with E-state index in [9.17, 15) is 9.59 Å². The maximum absolute atomic E-state index is 12.3. The molecule has 5 heteroatoms. The van der Waals surface area contributed by atoms with Crippen LogP contribution in [0.25, 0.3) is 0 Å². The van der Waals surface area contributed by atoms with Gasteiger partial charge in [0.2, 0.25) is 5.91 Å². The van der Waals surface area contributed by atoms with Crippen molar-refractivity contribution in [1.82, 2.24) is 0 Å². The minimum atomic E-state index is -0.136. The molecule has 2 amide bonds. The molecule has 0 heterocycles. The van der Waals surface area contributed by atoms with Gasteiger partial charge >= 0.3 is 0 Å². The summed E-state index contributed by atoms with van der Waals surface area (Å²) >= 11 is 1.55. The molecule has 0 aliphatic carbocycles. The SMILES string of the molecule is Cc1cccc(C)c1NC(=O)CSCc1ccc(C(=O)Nc2ccccc2)cc1. The highest BCUT2D eigenvalue weighted by Crippen LogP contribution is 2.20. The highest BCUT2D eigenvalue weighted by atomic mass is 32.2. The van der Waals surface area contributed by atoms with Gasteiger partial charge in [-0.25, -0.2) is 0 Å². The minimum Gasteiger partial charge on any atom is -0.325 e. The van der Waals surface area contributed by atoms with Crippen LogP contribution in [0.2, 0.25) is 0 Å². The molecule has 0 saturated heterocycles. The van der Waals surface area contributed by atoms with Crippen LogP contribution in [0.3, 0.4) is 0 Å². The van der Waals surface area contributed by atoms with Crippen LogP contribution >= 0.6 is 11.8 Å². The summed E-state index contributed by atoms with van der Waals surface area (Å²) in [5, 5.41) is 5.87. The average Bonchev–Trinajstić information content (AvgIpc) is 2.72. The summed E-state index contributed by atoms with van der Waals surface area (Å²) in [6.45, 7) is 3.98. The molecule has 0 aliphatic heterocycles. The Hall–Kier alpha value is -3.05. The van der Waals surface area contributed by atoms with Crippen molar-refractivity contribution in [2.24, 2.45) is 0 Å². The van der Waals surface area contributed by atoms with Crippen LogP contribution in [0.1, 0.15) is 27.0 Å². The molecule has 0 bridgehead atoms. The summed E-state index contributed by atoms with van der Waals surface area (Å²) in [4.78, 5) is 24.5. The van der Waals surface area contributed by atoms with E-state index >= 15 is 0 Å². The molecule has 0 radical (unpaired) electrons. The highest BCUT2D eigenvalue weighted by molar-refractivity contribution is 7.99. The fraction of sp³-hybridized carbons (Fsp3) is 0.167. The van der Waals surface area contributed by atoms with Crippen LogP contribution in [0.5, 0.6) is 0 Å². The molecule has 0 atom stereocenters. The molecule has 0 saturated carbocycles. The zero-order valence-electron chi connectivity index (χ0n) is 16.6. The molecule has 3 aromatic rings. The number of thioether (sulfide) groups is 1. The molecule has 0 spiro atoms. The van der Waals surface area contributed by atoms with Crippen molar-refractivity contribution in [2.45, 2.75) is 19.6 Å². The van der Waals surface area contributed by atoms with Gasteiger partial charge in [-0.05, 0) is 54.8 Å². The smallest absolute Gasteiger partial charge is 0.255 e. The first-order valence-corrected chi connectivity index (χ1v) is 10.6. The molecule has 0 fully saturated rings. The van der Waals surface area contributed by atoms with Gasteiger partial charge in [0.1, 0.15) is 0 Å². The molecule has 29 heavy (non-hydrogen) atoms. The van der Waals surface area contributed by atoms with Gasteiger partial charge in [0.05, 0.1) is 5.75 Å². The third kappa shape index (κ3) is 5.96. The van der Waals surface area contributed by atoms with Crippen molar-refractivity contribution in [1.29, 1.82) is 0 Å². The van der Waals surface area contributed by atoms with Gasteiger partial charge in [0.25, 0.3) is 5.91 Å². The monoisotopic (exact) mass is 404 g/mol. The van der Waals surface area contributed by atoms with E-state index in [4.69, 9.17) is 0 Å². The van der Waals surface area contributed by atoms with Crippen LogP contribution in [-0.4, -0.2) is 17.6 Å². The Balaban J connectivity index is 1.47. The van der Waals surface area contributed by atoms with Crippen molar-refractivity contribution in [3.63, 3.8) is 0 Å². The fourth-order valence-electron chi connectivity index (χ4n) is 2.93. The third-order valence-corrected chi connectivity index (χ3v) is 5.50. The number of rotatable bonds is 7. The number of anilines is 2. The van der Waals surface area contributed by atoms with Crippen LogP contribution < -0.4 is 10.6 Å². The normalized spacial score (nSPS) is 10.4. The Morgan fingerprint density at radius 3 is 2.10 bits per heavy atom. The van der Waals surface area contributed by atoms with Gasteiger partial charge in [-0.2, -0.15) is 0 Å². The van der Waals surface area contributed by atoms with Gasteiger partial charge in [-0.3, -0.25) is 9.59 Å². The van der Waals surface area contributed by atoms with E-state index < -0.39 is 0 Å². The number of benzene rings is 3. The Morgan fingerprint density at radius 1 is 0.793 bits per heavy atom. The topological polar surface area (TPSA) is 58.2 Å². The molecular weight excluding hydrogens is 380 g/mol. The molecular formula is C24H24N2O2S. The molecule has 3 aromatic carbocycles. The van der Waals surface area contributed by atoms with Crippen LogP contribution in [0.15, 0.2) is 72.8 Å². The predicted octanol–water partition coefficient (Wildman–Crippen LogP) is 5.43. The van der Waals surface area contributed by atoms with Gasteiger partial charge < -0.3 is 10.6 Å². The summed E-state index contributed by atoms with van der Waals surface area (Å²) < 4.78 is 0. The first-order chi connectivity index (χ1) is 14.0. The number of hydrogen-bond donors (Lipinski definition) is 2. The number of para-hydroxylation sites is 2. The van der Waals surface area contributed by atoms with Gasteiger partial charge in [-0.1, -0.05) is 48.5 Å². The second kappa shape index (κ2) is 9.94. The van der Waals surface area contributed by atoms with E-state index in [-0.39, 0.29) is 11.8 Å². The molecule has 0 aromatic heterocycles. The second-order valence-corrected chi connectivity index (χ2v) is 7.81. The zero-order chi connectivity index (χ0) is 20.6. The van der Waals surface area contributed by atoms with Crippen LogP contribution in [-0.2, 0) is 10.5 Å². The van der Waals surface area contributed by atoms with Crippen molar-refractivity contribution < 1.29 is 9.59 Å². The van der Waals surface area contributed by atoms with Gasteiger partial charge in [0, 0.05) is 22.7 Å². The Bertz CT molecular complexity index is 965. The lowest BCUT2D eigenvalue weighted by Gasteiger charge is -2.11. The Morgan fingerprint density at radius 2 is 1.45 bits per heavy atom. The average molecular weight is 405 g/mol. The Kier molecular flexibility index (Phi) is 7.09. The lowest BCUT2D eigenvalue weighted by Crippen LogP contribution is -2.16. The summed E-state index contributed by atoms with van der Waals surface area (Å²) in [5.74, 6) is 0.944. The summed E-state index contributed by atoms with van der Waals surface area (Å²) in [6.07, 6.45) is 0. The van der Waals surface area contributed by atoms with Crippen LogP contribution in [0.4, 0.5) is 11.4 Å². The number of carbonyl (C=O) groups excluding carboxylic acids is 2. The van der Waals surface area contributed by atoms with Crippen molar-refractivity contribution in [2.75, 3.05) is 16.4 Å². The summed E-state index contributed by atoms with van der Waals surface area (Å²) in [5.41, 5.74) is 5.47. The van der Waals surface area contributed by atoms with E-state index in [1.54, 1.807) is 11.8 Å².